The fourth-order valence-corrected chi connectivity index (χ4v) is 1.75. The van der Waals surface area contributed by atoms with Gasteiger partial charge in [-0.15, -0.1) is 0 Å². The molecule has 0 unspecified atom stereocenters. The van der Waals surface area contributed by atoms with Crippen LogP contribution < -0.4 is 9.47 Å². The smallest absolute Gasteiger partial charge is 0.231 e. The normalized spacial score (nSPS) is 13.1. The van der Waals surface area contributed by atoms with Crippen LogP contribution >= 0.6 is 0 Å². The molecule has 0 saturated heterocycles. The Kier molecular flexibility index (Phi) is 1.88. The van der Waals surface area contributed by atoms with E-state index in [9.17, 15) is 0 Å². The Hall–Kier alpha value is -1.90. The van der Waals surface area contributed by atoms with Gasteiger partial charge in [-0.05, 0) is 29.8 Å². The minimum atomic E-state index is 0.335. The van der Waals surface area contributed by atoms with E-state index in [0.717, 1.165) is 17.9 Å². The summed E-state index contributed by atoms with van der Waals surface area (Å²) in [6.07, 6.45) is 2.83. The lowest BCUT2D eigenvalue weighted by Crippen LogP contribution is -1.93. The Morgan fingerprint density at radius 3 is 2.93 bits per heavy atom. The van der Waals surface area contributed by atoms with Gasteiger partial charge in [0.1, 0.15) is 0 Å². The van der Waals surface area contributed by atoms with Gasteiger partial charge < -0.3 is 14.5 Å². The van der Waals surface area contributed by atoms with Crippen molar-refractivity contribution in [2.24, 2.45) is 0 Å². The van der Waals surface area contributed by atoms with E-state index in [2.05, 4.69) is 17.1 Å². The van der Waals surface area contributed by atoms with E-state index >= 15 is 0 Å². The van der Waals surface area contributed by atoms with Crippen LogP contribution in [0.1, 0.15) is 11.3 Å². The predicted octanol–water partition coefficient (Wildman–Crippen LogP) is 2.33. The number of nitrogens with one attached hydrogen (secondary N) is 1. The first-order chi connectivity index (χ1) is 7.42. The average molecular weight is 201 g/mol. The Morgan fingerprint density at radius 1 is 1.13 bits per heavy atom. The Bertz CT molecular complexity index is 462. The largest absolute Gasteiger partial charge is 0.454 e. The second-order valence-corrected chi connectivity index (χ2v) is 3.56. The van der Waals surface area contributed by atoms with Gasteiger partial charge in [0.25, 0.3) is 0 Å². The molecule has 2 aromatic rings. The predicted molar refractivity (Wildman–Crippen MR) is 56.2 cm³/mol. The van der Waals surface area contributed by atoms with Crippen LogP contribution in [0, 0.1) is 0 Å². The molecular formula is C12H11NO2. The topological polar surface area (TPSA) is 34.2 Å². The lowest BCUT2D eigenvalue weighted by Gasteiger charge is -2.01. The molecule has 3 nitrogen and oxygen atoms in total. The molecule has 0 spiro atoms. The highest BCUT2D eigenvalue weighted by Gasteiger charge is 2.13. The standard InChI is InChI=1S/C12H11NO2/c1-2-10(13-5-1)6-9-3-4-11-12(7-9)15-8-14-11/h1-5,7,13H,6,8H2. The molecule has 2 heterocycles. The van der Waals surface area contributed by atoms with E-state index in [0.29, 0.717) is 6.79 Å². The van der Waals surface area contributed by atoms with Crippen molar-refractivity contribution in [1.29, 1.82) is 0 Å². The summed E-state index contributed by atoms with van der Waals surface area (Å²) in [5, 5.41) is 0. The van der Waals surface area contributed by atoms with Gasteiger partial charge in [-0.1, -0.05) is 6.07 Å². The molecular weight excluding hydrogens is 190 g/mol. The Labute approximate surface area is 87.6 Å². The SMILES string of the molecule is c1c[nH]c(Cc2ccc3c(c2)OCO3)c1. The monoisotopic (exact) mass is 201 g/mol. The summed E-state index contributed by atoms with van der Waals surface area (Å²) in [6.45, 7) is 0.335. The molecule has 0 bridgehead atoms. The zero-order valence-electron chi connectivity index (χ0n) is 8.19. The Morgan fingerprint density at radius 2 is 2.07 bits per heavy atom. The van der Waals surface area contributed by atoms with Crippen LogP contribution in [0.4, 0.5) is 0 Å². The van der Waals surface area contributed by atoms with Crippen LogP contribution in [0.15, 0.2) is 36.5 Å². The molecule has 0 aliphatic carbocycles. The molecule has 0 fully saturated rings. The van der Waals surface area contributed by atoms with E-state index in [4.69, 9.17) is 9.47 Å². The van der Waals surface area contributed by atoms with Gasteiger partial charge in [-0.2, -0.15) is 0 Å². The van der Waals surface area contributed by atoms with Crippen LogP contribution in [-0.2, 0) is 6.42 Å². The molecule has 1 N–H and O–H groups in total. The number of rotatable bonds is 2. The third kappa shape index (κ3) is 1.56. The minimum absolute atomic E-state index is 0.335. The van der Waals surface area contributed by atoms with Crippen LogP contribution in [-0.4, -0.2) is 11.8 Å². The average Bonchev–Trinajstić information content (AvgIpc) is 2.87. The number of hydrogen-bond acceptors (Lipinski definition) is 2. The van der Waals surface area contributed by atoms with Gasteiger partial charge in [-0.3, -0.25) is 0 Å². The second kappa shape index (κ2) is 3.35. The zero-order chi connectivity index (χ0) is 10.1. The highest BCUT2D eigenvalue weighted by Crippen LogP contribution is 2.32. The maximum atomic E-state index is 5.33. The van der Waals surface area contributed by atoms with Gasteiger partial charge in [0.05, 0.1) is 0 Å². The van der Waals surface area contributed by atoms with Crippen molar-refractivity contribution in [2.75, 3.05) is 6.79 Å². The van der Waals surface area contributed by atoms with Crippen molar-refractivity contribution in [3.63, 3.8) is 0 Å². The van der Waals surface area contributed by atoms with Crippen molar-refractivity contribution in [3.8, 4) is 11.5 Å². The molecule has 1 aromatic carbocycles. The van der Waals surface area contributed by atoms with Crippen LogP contribution in [0.5, 0.6) is 11.5 Å². The number of aromatic amines is 1. The van der Waals surface area contributed by atoms with Crippen molar-refractivity contribution >= 4 is 0 Å². The van der Waals surface area contributed by atoms with Crippen LogP contribution in [0.2, 0.25) is 0 Å². The fraction of sp³-hybridized carbons (Fsp3) is 0.167. The quantitative estimate of drug-likeness (QED) is 0.809. The first kappa shape index (κ1) is 8.41. The minimum Gasteiger partial charge on any atom is -0.454 e. The summed E-state index contributed by atoms with van der Waals surface area (Å²) in [4.78, 5) is 3.18. The highest BCUT2D eigenvalue weighted by molar-refractivity contribution is 5.45. The van der Waals surface area contributed by atoms with E-state index < -0.39 is 0 Å². The zero-order valence-corrected chi connectivity index (χ0v) is 8.19. The van der Waals surface area contributed by atoms with Crippen molar-refractivity contribution in [2.45, 2.75) is 6.42 Å². The molecule has 76 valence electrons. The first-order valence-electron chi connectivity index (χ1n) is 4.92. The summed E-state index contributed by atoms with van der Waals surface area (Å²) in [7, 11) is 0. The molecule has 0 atom stereocenters. The molecule has 1 aromatic heterocycles. The van der Waals surface area contributed by atoms with Gasteiger partial charge in [0.15, 0.2) is 11.5 Å². The number of aromatic nitrogens is 1. The molecule has 3 heteroatoms. The molecule has 3 rings (SSSR count). The Balaban J connectivity index is 1.87. The number of benzene rings is 1. The number of H-pyrrole nitrogens is 1. The fourth-order valence-electron chi connectivity index (χ4n) is 1.75. The molecule has 1 aliphatic heterocycles. The van der Waals surface area contributed by atoms with E-state index in [1.165, 1.54) is 11.3 Å². The van der Waals surface area contributed by atoms with E-state index in [1.807, 2.05) is 24.4 Å². The van der Waals surface area contributed by atoms with E-state index in [-0.39, 0.29) is 0 Å². The first-order valence-corrected chi connectivity index (χ1v) is 4.92. The van der Waals surface area contributed by atoms with Crippen molar-refractivity contribution in [1.82, 2.24) is 4.98 Å². The summed E-state index contributed by atoms with van der Waals surface area (Å²) < 4.78 is 10.6. The second-order valence-electron chi connectivity index (χ2n) is 3.56. The molecule has 0 amide bonds. The number of fused-ring (bicyclic) bond motifs is 1. The lowest BCUT2D eigenvalue weighted by atomic mass is 10.1. The third-order valence-corrected chi connectivity index (χ3v) is 2.49. The highest BCUT2D eigenvalue weighted by atomic mass is 16.7. The maximum absolute atomic E-state index is 5.33. The molecule has 0 saturated carbocycles. The summed E-state index contributed by atoms with van der Waals surface area (Å²) >= 11 is 0. The lowest BCUT2D eigenvalue weighted by molar-refractivity contribution is 0.174. The molecule has 1 aliphatic rings. The molecule has 15 heavy (non-hydrogen) atoms. The summed E-state index contributed by atoms with van der Waals surface area (Å²) in [6, 6.07) is 10.1. The van der Waals surface area contributed by atoms with Crippen LogP contribution in [0.25, 0.3) is 0 Å². The van der Waals surface area contributed by atoms with Crippen molar-refractivity contribution < 1.29 is 9.47 Å². The van der Waals surface area contributed by atoms with Gasteiger partial charge in [0.2, 0.25) is 6.79 Å². The van der Waals surface area contributed by atoms with Gasteiger partial charge in [-0.25, -0.2) is 0 Å². The summed E-state index contributed by atoms with van der Waals surface area (Å²) in [5.41, 5.74) is 2.43. The molecule has 0 radical (unpaired) electrons. The van der Waals surface area contributed by atoms with Crippen LogP contribution in [0.3, 0.4) is 0 Å². The summed E-state index contributed by atoms with van der Waals surface area (Å²) in [5.74, 6) is 1.68. The van der Waals surface area contributed by atoms with Crippen molar-refractivity contribution in [3.05, 3.63) is 47.8 Å². The van der Waals surface area contributed by atoms with Gasteiger partial charge >= 0.3 is 0 Å². The number of ether oxygens (including phenoxy) is 2. The number of hydrogen-bond donors (Lipinski definition) is 1. The van der Waals surface area contributed by atoms with Gasteiger partial charge in [0, 0.05) is 18.3 Å². The maximum Gasteiger partial charge on any atom is 0.231 e. The third-order valence-electron chi connectivity index (χ3n) is 2.49. The van der Waals surface area contributed by atoms with E-state index in [1.54, 1.807) is 0 Å².